The summed E-state index contributed by atoms with van der Waals surface area (Å²) in [4.78, 5) is 14.1. The number of rotatable bonds is 5. The average molecular weight is 250 g/mol. The molecular formula is C14H22N2O2. The lowest BCUT2D eigenvalue weighted by molar-refractivity contribution is 0.0869. The molecular weight excluding hydrogens is 228 g/mol. The highest BCUT2D eigenvalue weighted by Crippen LogP contribution is 2.09. The van der Waals surface area contributed by atoms with Gasteiger partial charge in [-0.25, -0.2) is 0 Å². The van der Waals surface area contributed by atoms with Gasteiger partial charge in [0.05, 0.1) is 12.1 Å². The van der Waals surface area contributed by atoms with Gasteiger partial charge in [0.2, 0.25) is 0 Å². The van der Waals surface area contributed by atoms with Gasteiger partial charge in [-0.2, -0.15) is 0 Å². The molecule has 0 aromatic heterocycles. The van der Waals surface area contributed by atoms with Crippen molar-refractivity contribution < 1.29 is 9.90 Å². The van der Waals surface area contributed by atoms with Crippen LogP contribution in [0.5, 0.6) is 0 Å². The average Bonchev–Trinajstić information content (AvgIpc) is 2.28. The summed E-state index contributed by atoms with van der Waals surface area (Å²) in [6, 6.07) is 7.53. The Morgan fingerprint density at radius 2 is 2.06 bits per heavy atom. The third-order valence-corrected chi connectivity index (χ3v) is 2.54. The highest BCUT2D eigenvalue weighted by molar-refractivity contribution is 5.94. The van der Waals surface area contributed by atoms with E-state index in [0.29, 0.717) is 5.56 Å². The predicted octanol–water partition coefficient (Wildman–Crippen LogP) is 1.25. The van der Waals surface area contributed by atoms with Gasteiger partial charge in [-0.1, -0.05) is 12.1 Å². The van der Waals surface area contributed by atoms with E-state index in [2.05, 4.69) is 10.2 Å². The fourth-order valence-electron chi connectivity index (χ4n) is 1.60. The van der Waals surface area contributed by atoms with E-state index in [-0.39, 0.29) is 12.5 Å². The Morgan fingerprint density at radius 1 is 1.39 bits per heavy atom. The first-order valence-electron chi connectivity index (χ1n) is 6.01. The molecule has 0 radical (unpaired) electrons. The topological polar surface area (TPSA) is 52.6 Å². The summed E-state index contributed by atoms with van der Waals surface area (Å²) < 4.78 is 0. The van der Waals surface area contributed by atoms with Crippen LogP contribution >= 0.6 is 0 Å². The van der Waals surface area contributed by atoms with Crippen LogP contribution in [0.15, 0.2) is 24.3 Å². The van der Waals surface area contributed by atoms with Gasteiger partial charge in [0.15, 0.2) is 0 Å². The molecule has 0 bridgehead atoms. The predicted molar refractivity (Wildman–Crippen MR) is 72.5 cm³/mol. The number of carbonyl (C=O) groups is 1. The minimum atomic E-state index is -0.603. The maximum atomic E-state index is 12.0. The molecule has 1 aromatic rings. The highest BCUT2D eigenvalue weighted by atomic mass is 16.3. The van der Waals surface area contributed by atoms with Crippen LogP contribution in [0.25, 0.3) is 0 Å². The van der Waals surface area contributed by atoms with E-state index < -0.39 is 5.54 Å². The van der Waals surface area contributed by atoms with Crippen molar-refractivity contribution in [3.8, 4) is 0 Å². The van der Waals surface area contributed by atoms with Crippen LogP contribution in [-0.4, -0.2) is 42.2 Å². The zero-order chi connectivity index (χ0) is 13.8. The Hall–Kier alpha value is -1.39. The Labute approximate surface area is 109 Å². The molecule has 18 heavy (non-hydrogen) atoms. The maximum absolute atomic E-state index is 12.0. The first-order valence-corrected chi connectivity index (χ1v) is 6.01. The molecule has 0 aliphatic heterocycles. The van der Waals surface area contributed by atoms with Crippen LogP contribution in [0.4, 0.5) is 0 Å². The number of hydrogen-bond donors (Lipinski definition) is 2. The van der Waals surface area contributed by atoms with Gasteiger partial charge in [-0.05, 0) is 45.6 Å². The molecule has 0 aliphatic rings. The van der Waals surface area contributed by atoms with Crippen molar-refractivity contribution in [3.05, 3.63) is 35.4 Å². The van der Waals surface area contributed by atoms with E-state index >= 15 is 0 Å². The lowest BCUT2D eigenvalue weighted by atomic mass is 10.0. The molecule has 0 unspecified atom stereocenters. The normalized spacial score (nSPS) is 11.7. The van der Waals surface area contributed by atoms with E-state index in [1.165, 1.54) is 0 Å². The standard InChI is InChI=1S/C14H22N2O2/c1-14(2,10-17)15-13(18)12-7-5-6-11(8-12)9-16(3)4/h5-8,17H,9-10H2,1-4H3,(H,15,18). The molecule has 2 N–H and O–H groups in total. The van der Waals surface area contributed by atoms with Crippen molar-refractivity contribution in [1.29, 1.82) is 0 Å². The van der Waals surface area contributed by atoms with Crippen LogP contribution in [0.3, 0.4) is 0 Å². The fourth-order valence-corrected chi connectivity index (χ4v) is 1.60. The molecule has 0 aliphatic carbocycles. The Kier molecular flexibility index (Phi) is 4.87. The monoisotopic (exact) mass is 250 g/mol. The second kappa shape index (κ2) is 5.98. The number of amides is 1. The van der Waals surface area contributed by atoms with Crippen molar-refractivity contribution in [2.75, 3.05) is 20.7 Å². The van der Waals surface area contributed by atoms with Crippen molar-refractivity contribution in [2.45, 2.75) is 25.9 Å². The SMILES string of the molecule is CN(C)Cc1cccc(C(=O)NC(C)(C)CO)c1. The highest BCUT2D eigenvalue weighted by Gasteiger charge is 2.19. The van der Waals surface area contributed by atoms with Crippen molar-refractivity contribution in [3.63, 3.8) is 0 Å². The molecule has 0 spiro atoms. The number of benzene rings is 1. The Morgan fingerprint density at radius 3 is 2.61 bits per heavy atom. The van der Waals surface area contributed by atoms with E-state index in [1.54, 1.807) is 19.9 Å². The number of hydrogen-bond acceptors (Lipinski definition) is 3. The van der Waals surface area contributed by atoms with Crippen molar-refractivity contribution in [1.82, 2.24) is 10.2 Å². The number of nitrogens with zero attached hydrogens (tertiary/aromatic N) is 1. The van der Waals surface area contributed by atoms with Crippen molar-refractivity contribution >= 4 is 5.91 Å². The molecule has 1 rings (SSSR count). The van der Waals surface area contributed by atoms with Crippen LogP contribution in [0.2, 0.25) is 0 Å². The molecule has 1 amide bonds. The molecule has 0 heterocycles. The maximum Gasteiger partial charge on any atom is 0.251 e. The van der Waals surface area contributed by atoms with Gasteiger partial charge >= 0.3 is 0 Å². The summed E-state index contributed by atoms with van der Waals surface area (Å²) >= 11 is 0. The van der Waals surface area contributed by atoms with Crippen LogP contribution in [-0.2, 0) is 6.54 Å². The Bertz CT molecular complexity index is 414. The molecule has 0 atom stereocenters. The minimum absolute atomic E-state index is 0.0872. The fraction of sp³-hybridized carbons (Fsp3) is 0.500. The minimum Gasteiger partial charge on any atom is -0.394 e. The van der Waals surface area contributed by atoms with E-state index in [4.69, 9.17) is 5.11 Å². The number of aliphatic hydroxyl groups excluding tert-OH is 1. The number of nitrogens with one attached hydrogen (secondary N) is 1. The summed E-state index contributed by atoms with van der Waals surface area (Å²) in [5.41, 5.74) is 1.11. The first kappa shape index (κ1) is 14.7. The molecule has 1 aromatic carbocycles. The third kappa shape index (κ3) is 4.47. The second-order valence-electron chi connectivity index (χ2n) is 5.43. The summed E-state index contributed by atoms with van der Waals surface area (Å²) in [7, 11) is 3.98. The van der Waals surface area contributed by atoms with Gasteiger partial charge < -0.3 is 15.3 Å². The number of carbonyl (C=O) groups excluding carboxylic acids is 1. The largest absolute Gasteiger partial charge is 0.394 e. The first-order chi connectivity index (χ1) is 8.34. The quantitative estimate of drug-likeness (QED) is 0.827. The second-order valence-corrected chi connectivity index (χ2v) is 5.43. The van der Waals surface area contributed by atoms with E-state index in [9.17, 15) is 4.79 Å². The molecule has 0 fully saturated rings. The smallest absolute Gasteiger partial charge is 0.251 e. The zero-order valence-electron chi connectivity index (χ0n) is 11.5. The summed E-state index contributed by atoms with van der Waals surface area (Å²) in [5, 5.41) is 11.9. The summed E-state index contributed by atoms with van der Waals surface area (Å²) in [6.07, 6.45) is 0. The molecule has 0 saturated carbocycles. The summed E-state index contributed by atoms with van der Waals surface area (Å²) in [5.74, 6) is -0.158. The van der Waals surface area contributed by atoms with E-state index in [1.807, 2.05) is 32.3 Å². The van der Waals surface area contributed by atoms with Gasteiger partial charge in [0, 0.05) is 12.1 Å². The van der Waals surface area contributed by atoms with Gasteiger partial charge in [0.25, 0.3) is 5.91 Å². The van der Waals surface area contributed by atoms with Crippen LogP contribution in [0, 0.1) is 0 Å². The summed E-state index contributed by atoms with van der Waals surface area (Å²) in [6.45, 7) is 4.28. The van der Waals surface area contributed by atoms with Gasteiger partial charge in [0.1, 0.15) is 0 Å². The molecule has 100 valence electrons. The Balaban J connectivity index is 2.80. The molecule has 4 heteroatoms. The van der Waals surface area contributed by atoms with Crippen LogP contribution < -0.4 is 5.32 Å². The zero-order valence-corrected chi connectivity index (χ0v) is 11.5. The van der Waals surface area contributed by atoms with Crippen LogP contribution in [0.1, 0.15) is 29.8 Å². The van der Waals surface area contributed by atoms with Gasteiger partial charge in [-0.3, -0.25) is 4.79 Å². The lowest BCUT2D eigenvalue weighted by Crippen LogP contribution is -2.46. The molecule has 0 saturated heterocycles. The van der Waals surface area contributed by atoms with Gasteiger partial charge in [-0.15, -0.1) is 0 Å². The molecule has 4 nitrogen and oxygen atoms in total. The van der Waals surface area contributed by atoms with Crippen molar-refractivity contribution in [2.24, 2.45) is 0 Å². The van der Waals surface area contributed by atoms with E-state index in [0.717, 1.165) is 12.1 Å². The lowest BCUT2D eigenvalue weighted by Gasteiger charge is -2.23. The third-order valence-electron chi connectivity index (χ3n) is 2.54. The number of aliphatic hydroxyl groups is 1.